The third-order valence-corrected chi connectivity index (χ3v) is 6.37. The highest BCUT2D eigenvalue weighted by Gasteiger charge is 2.23. The number of halogens is 1. The molecule has 0 unspecified atom stereocenters. The number of anilines is 2. The summed E-state index contributed by atoms with van der Waals surface area (Å²) in [6.07, 6.45) is 5.81. The fraction of sp³-hybridized carbons (Fsp3) is 0.318. The van der Waals surface area contributed by atoms with Gasteiger partial charge in [-0.3, -0.25) is 4.79 Å². The summed E-state index contributed by atoms with van der Waals surface area (Å²) in [5.41, 5.74) is 3.07. The van der Waals surface area contributed by atoms with Crippen molar-refractivity contribution in [1.82, 2.24) is 14.9 Å². The van der Waals surface area contributed by atoms with Gasteiger partial charge in [-0.15, -0.1) is 12.4 Å². The van der Waals surface area contributed by atoms with Crippen LogP contribution in [0.2, 0.25) is 0 Å². The second-order valence-corrected chi connectivity index (χ2v) is 9.33. The molecule has 0 spiro atoms. The lowest BCUT2D eigenvalue weighted by Gasteiger charge is -2.22. The van der Waals surface area contributed by atoms with Gasteiger partial charge in [0.25, 0.3) is 5.91 Å². The number of rotatable bonds is 4. The second-order valence-electron chi connectivity index (χ2n) is 7.77. The Labute approximate surface area is 193 Å². The summed E-state index contributed by atoms with van der Waals surface area (Å²) in [6, 6.07) is 9.87. The Bertz CT molecular complexity index is 1220. The van der Waals surface area contributed by atoms with Crippen LogP contribution < -0.4 is 10.5 Å². The highest BCUT2D eigenvalue weighted by Crippen LogP contribution is 2.30. The van der Waals surface area contributed by atoms with Gasteiger partial charge in [0.05, 0.1) is 16.1 Å². The summed E-state index contributed by atoms with van der Waals surface area (Å²) in [4.78, 5) is 24.2. The molecule has 3 heterocycles. The minimum atomic E-state index is -3.78. The van der Waals surface area contributed by atoms with Gasteiger partial charge in [0.15, 0.2) is 5.65 Å². The molecular formula is C22H26ClN5O3S. The van der Waals surface area contributed by atoms with Crippen molar-refractivity contribution in [3.8, 4) is 0 Å². The first kappa shape index (κ1) is 23.9. The summed E-state index contributed by atoms with van der Waals surface area (Å²) in [5.74, 6) is -0.0690. The van der Waals surface area contributed by atoms with Crippen LogP contribution in [0.1, 0.15) is 41.7 Å². The van der Waals surface area contributed by atoms with Crippen molar-refractivity contribution in [2.24, 2.45) is 5.14 Å². The molecule has 170 valence electrons. The molecule has 1 aromatic carbocycles. The number of pyridine rings is 2. The topological polar surface area (TPSA) is 118 Å². The molecule has 3 N–H and O–H groups in total. The van der Waals surface area contributed by atoms with Crippen LogP contribution in [0.5, 0.6) is 0 Å². The van der Waals surface area contributed by atoms with Crippen molar-refractivity contribution in [1.29, 1.82) is 0 Å². The summed E-state index contributed by atoms with van der Waals surface area (Å²) >= 11 is 0. The van der Waals surface area contributed by atoms with Crippen molar-refractivity contribution < 1.29 is 13.2 Å². The Kier molecular flexibility index (Phi) is 7.33. The third-order valence-electron chi connectivity index (χ3n) is 5.44. The number of nitrogens with one attached hydrogen (secondary N) is 1. The fourth-order valence-electron chi connectivity index (χ4n) is 3.79. The van der Waals surface area contributed by atoms with E-state index in [1.165, 1.54) is 12.1 Å². The lowest BCUT2D eigenvalue weighted by atomic mass is 10.1. The highest BCUT2D eigenvalue weighted by molar-refractivity contribution is 7.89. The first-order chi connectivity index (χ1) is 14.8. The molecule has 0 aliphatic carbocycles. The minimum absolute atomic E-state index is 0. The van der Waals surface area contributed by atoms with Crippen LogP contribution in [0.4, 0.5) is 11.4 Å². The number of primary sulfonamides is 1. The van der Waals surface area contributed by atoms with E-state index in [-0.39, 0.29) is 23.2 Å². The number of carbonyl (C=O) groups excluding carboxylic acids is 1. The van der Waals surface area contributed by atoms with Crippen LogP contribution >= 0.6 is 12.4 Å². The second kappa shape index (κ2) is 9.81. The predicted octanol–water partition coefficient (Wildman–Crippen LogP) is 3.77. The maximum atomic E-state index is 13.4. The van der Waals surface area contributed by atoms with E-state index in [4.69, 9.17) is 5.14 Å². The summed E-state index contributed by atoms with van der Waals surface area (Å²) < 4.78 is 23.1. The van der Waals surface area contributed by atoms with Gasteiger partial charge in [-0.25, -0.2) is 23.5 Å². The van der Waals surface area contributed by atoms with Gasteiger partial charge < -0.3 is 10.2 Å². The van der Waals surface area contributed by atoms with Crippen molar-refractivity contribution in [3.63, 3.8) is 0 Å². The number of amides is 1. The van der Waals surface area contributed by atoms with Gasteiger partial charge in [0.1, 0.15) is 0 Å². The molecular weight excluding hydrogens is 450 g/mol. The van der Waals surface area contributed by atoms with Gasteiger partial charge in [-0.1, -0.05) is 12.8 Å². The number of fused-ring (bicyclic) bond motifs is 1. The van der Waals surface area contributed by atoms with Crippen LogP contribution in [0.3, 0.4) is 0 Å². The van der Waals surface area contributed by atoms with E-state index in [2.05, 4.69) is 15.3 Å². The number of hydrogen-bond acceptors (Lipinski definition) is 6. The van der Waals surface area contributed by atoms with E-state index < -0.39 is 10.0 Å². The zero-order chi connectivity index (χ0) is 22.0. The SMILES string of the molecule is Cc1ccc2c(Nc3ccc(S(N)(=O)=O)cc3)c(C(=O)N3CCCCCC3)cnc2n1.Cl. The average Bonchev–Trinajstić information content (AvgIpc) is 3.02. The zero-order valence-corrected chi connectivity index (χ0v) is 19.4. The average molecular weight is 476 g/mol. The number of hydrogen-bond donors (Lipinski definition) is 2. The molecule has 32 heavy (non-hydrogen) atoms. The number of sulfonamides is 1. The Morgan fingerprint density at radius 1 is 1.03 bits per heavy atom. The fourth-order valence-corrected chi connectivity index (χ4v) is 4.30. The van der Waals surface area contributed by atoms with Gasteiger partial charge in [0.2, 0.25) is 10.0 Å². The summed E-state index contributed by atoms with van der Waals surface area (Å²) in [7, 11) is -3.78. The molecule has 1 aliphatic rings. The summed E-state index contributed by atoms with van der Waals surface area (Å²) in [6.45, 7) is 3.34. The molecule has 4 rings (SSSR count). The number of aromatic nitrogens is 2. The van der Waals surface area contributed by atoms with Crippen LogP contribution in [0.15, 0.2) is 47.5 Å². The van der Waals surface area contributed by atoms with Crippen molar-refractivity contribution in [2.75, 3.05) is 18.4 Å². The van der Waals surface area contributed by atoms with E-state index >= 15 is 0 Å². The van der Waals surface area contributed by atoms with E-state index in [9.17, 15) is 13.2 Å². The molecule has 10 heteroatoms. The van der Waals surface area contributed by atoms with Gasteiger partial charge in [-0.05, 0) is 56.2 Å². The van der Waals surface area contributed by atoms with Gasteiger partial charge >= 0.3 is 0 Å². The Morgan fingerprint density at radius 3 is 2.31 bits per heavy atom. The number of benzene rings is 1. The normalized spacial score (nSPS) is 14.5. The molecule has 0 bridgehead atoms. The number of carbonyl (C=O) groups is 1. The van der Waals surface area contributed by atoms with Gasteiger partial charge in [0, 0.05) is 36.1 Å². The zero-order valence-electron chi connectivity index (χ0n) is 17.7. The van der Waals surface area contributed by atoms with Gasteiger partial charge in [-0.2, -0.15) is 0 Å². The van der Waals surface area contributed by atoms with Crippen LogP contribution in [0, 0.1) is 6.92 Å². The predicted molar refractivity (Wildman–Crippen MR) is 127 cm³/mol. The molecule has 1 fully saturated rings. The number of aryl methyl sites for hydroxylation is 1. The molecule has 2 aromatic heterocycles. The minimum Gasteiger partial charge on any atom is -0.354 e. The van der Waals surface area contributed by atoms with Crippen LogP contribution in [-0.2, 0) is 10.0 Å². The third kappa shape index (κ3) is 5.17. The van der Waals surface area contributed by atoms with E-state index in [0.717, 1.165) is 49.9 Å². The molecule has 0 saturated carbocycles. The molecule has 1 amide bonds. The summed E-state index contributed by atoms with van der Waals surface area (Å²) in [5, 5.41) is 9.20. The number of likely N-dealkylation sites (tertiary alicyclic amines) is 1. The maximum absolute atomic E-state index is 13.4. The molecule has 1 saturated heterocycles. The standard InChI is InChI=1S/C22H25N5O3S.ClH/c1-15-6-11-18-20(26-16-7-9-17(10-8-16)31(23,29)30)19(14-24-21(18)25-15)22(28)27-12-4-2-3-5-13-27;/h6-11,14H,2-5,12-13H2,1H3,(H2,23,29,30)(H,24,25,26);1H. The highest BCUT2D eigenvalue weighted by atomic mass is 35.5. The van der Waals surface area contributed by atoms with Crippen molar-refractivity contribution in [2.45, 2.75) is 37.5 Å². The molecule has 0 atom stereocenters. The molecule has 8 nitrogen and oxygen atoms in total. The molecule has 1 aliphatic heterocycles. The number of nitrogens with two attached hydrogens (primary N) is 1. The monoisotopic (exact) mass is 475 g/mol. The van der Waals surface area contributed by atoms with E-state index in [1.807, 2.05) is 24.0 Å². The lowest BCUT2D eigenvalue weighted by Crippen LogP contribution is -2.32. The van der Waals surface area contributed by atoms with Crippen LogP contribution in [0.25, 0.3) is 11.0 Å². The Hall–Kier alpha value is -2.75. The maximum Gasteiger partial charge on any atom is 0.257 e. The Morgan fingerprint density at radius 2 is 1.69 bits per heavy atom. The van der Waals surface area contributed by atoms with Crippen molar-refractivity contribution in [3.05, 3.63) is 53.9 Å². The van der Waals surface area contributed by atoms with E-state index in [1.54, 1.807) is 18.3 Å². The first-order valence-corrected chi connectivity index (χ1v) is 11.8. The molecule has 0 radical (unpaired) electrons. The largest absolute Gasteiger partial charge is 0.354 e. The molecule has 3 aromatic rings. The smallest absolute Gasteiger partial charge is 0.257 e. The van der Waals surface area contributed by atoms with Crippen molar-refractivity contribution >= 4 is 50.7 Å². The first-order valence-electron chi connectivity index (χ1n) is 10.3. The lowest BCUT2D eigenvalue weighted by molar-refractivity contribution is 0.0762. The quantitative estimate of drug-likeness (QED) is 0.593. The Balaban J connectivity index is 0.00000289. The van der Waals surface area contributed by atoms with E-state index in [0.29, 0.717) is 22.6 Å². The number of nitrogens with zero attached hydrogens (tertiary/aromatic N) is 3. The van der Waals surface area contributed by atoms with Crippen LogP contribution in [-0.4, -0.2) is 42.3 Å².